The van der Waals surface area contributed by atoms with E-state index in [9.17, 15) is 0 Å². The maximum atomic E-state index is 5.57. The number of hydrogen-bond donors (Lipinski definition) is 1. The maximum absolute atomic E-state index is 5.57. The van der Waals surface area contributed by atoms with Crippen LogP contribution in [0.2, 0.25) is 0 Å². The van der Waals surface area contributed by atoms with Crippen LogP contribution in [0, 0.1) is 6.92 Å². The van der Waals surface area contributed by atoms with Gasteiger partial charge in [0.15, 0.2) is 0 Å². The zero-order chi connectivity index (χ0) is 12.5. The van der Waals surface area contributed by atoms with Crippen LogP contribution < -0.4 is 5.32 Å². The highest BCUT2D eigenvalue weighted by molar-refractivity contribution is 9.10. The second-order valence-corrected chi connectivity index (χ2v) is 5.67. The summed E-state index contributed by atoms with van der Waals surface area (Å²) in [6.45, 7) is 2.86. The summed E-state index contributed by atoms with van der Waals surface area (Å²) >= 11 is 3.48. The Morgan fingerprint density at radius 3 is 3.06 bits per heavy atom. The van der Waals surface area contributed by atoms with Gasteiger partial charge >= 0.3 is 0 Å². The fourth-order valence-electron chi connectivity index (χ4n) is 1.87. The lowest BCUT2D eigenvalue weighted by Gasteiger charge is -2.01. The maximum Gasteiger partial charge on any atom is 0.226 e. The Morgan fingerprint density at radius 2 is 2.28 bits per heavy atom. The van der Waals surface area contributed by atoms with Crippen molar-refractivity contribution in [1.82, 2.24) is 10.3 Å². The van der Waals surface area contributed by atoms with Crippen molar-refractivity contribution in [1.29, 1.82) is 0 Å². The third-order valence-electron chi connectivity index (χ3n) is 3.13. The molecule has 0 saturated heterocycles. The quantitative estimate of drug-likeness (QED) is 0.936. The molecule has 2 aromatic rings. The molecule has 0 spiro atoms. The molecule has 0 radical (unpaired) electrons. The van der Waals surface area contributed by atoms with Crippen LogP contribution in [0.3, 0.4) is 0 Å². The molecule has 1 aliphatic rings. The van der Waals surface area contributed by atoms with Crippen molar-refractivity contribution in [2.45, 2.75) is 32.4 Å². The van der Waals surface area contributed by atoms with Crippen LogP contribution >= 0.6 is 15.9 Å². The van der Waals surface area contributed by atoms with Gasteiger partial charge in [-0.2, -0.15) is 0 Å². The third kappa shape index (κ3) is 2.65. The summed E-state index contributed by atoms with van der Waals surface area (Å²) in [6.07, 6.45) is 4.32. The van der Waals surface area contributed by atoms with Gasteiger partial charge in [-0.3, -0.25) is 0 Å². The Balaban J connectivity index is 1.80. The molecule has 0 atom stereocenters. The lowest BCUT2D eigenvalue weighted by molar-refractivity contribution is 0.569. The number of hydrogen-bond acceptors (Lipinski definition) is 3. The summed E-state index contributed by atoms with van der Waals surface area (Å²) in [5, 5.41) is 3.43. The fourth-order valence-corrected chi connectivity index (χ4v) is 2.23. The van der Waals surface area contributed by atoms with Crippen molar-refractivity contribution >= 4 is 15.9 Å². The lowest BCUT2D eigenvalue weighted by atomic mass is 10.1. The number of aromatic nitrogens is 1. The minimum atomic E-state index is 0.692. The first-order valence-corrected chi connectivity index (χ1v) is 6.96. The Kier molecular flexibility index (Phi) is 3.22. The first-order chi connectivity index (χ1) is 8.72. The molecule has 1 aliphatic carbocycles. The Hall–Kier alpha value is -1.13. The zero-order valence-corrected chi connectivity index (χ0v) is 11.8. The van der Waals surface area contributed by atoms with Gasteiger partial charge in [-0.1, -0.05) is 22.0 Å². The average molecular weight is 307 g/mol. The molecule has 1 aromatic heterocycles. The zero-order valence-electron chi connectivity index (χ0n) is 10.2. The smallest absolute Gasteiger partial charge is 0.226 e. The van der Waals surface area contributed by atoms with Crippen LogP contribution in [-0.4, -0.2) is 11.0 Å². The molecular formula is C14H15BrN2O. The van der Waals surface area contributed by atoms with Crippen molar-refractivity contribution in [3.63, 3.8) is 0 Å². The molecule has 1 N–H and O–H groups in total. The van der Waals surface area contributed by atoms with Gasteiger partial charge in [0.1, 0.15) is 6.26 Å². The minimum Gasteiger partial charge on any atom is -0.444 e. The van der Waals surface area contributed by atoms with E-state index >= 15 is 0 Å². The number of nitrogens with zero attached hydrogens (tertiary/aromatic N) is 1. The van der Waals surface area contributed by atoms with Crippen LogP contribution in [0.4, 0.5) is 0 Å². The Labute approximate surface area is 115 Å². The number of aryl methyl sites for hydroxylation is 1. The van der Waals surface area contributed by atoms with E-state index in [1.54, 1.807) is 6.26 Å². The first-order valence-electron chi connectivity index (χ1n) is 6.17. The Morgan fingerprint density at radius 1 is 1.44 bits per heavy atom. The van der Waals surface area contributed by atoms with Gasteiger partial charge in [0.05, 0.1) is 5.69 Å². The van der Waals surface area contributed by atoms with E-state index in [0.29, 0.717) is 11.9 Å². The number of oxazole rings is 1. The van der Waals surface area contributed by atoms with Crippen molar-refractivity contribution in [2.24, 2.45) is 0 Å². The highest BCUT2D eigenvalue weighted by atomic mass is 79.9. The summed E-state index contributed by atoms with van der Waals surface area (Å²) in [6, 6.07) is 6.82. The van der Waals surface area contributed by atoms with Crippen molar-refractivity contribution in [2.75, 3.05) is 0 Å². The molecule has 1 aromatic carbocycles. The number of halogens is 1. The number of benzene rings is 1. The second-order valence-electron chi connectivity index (χ2n) is 4.76. The van der Waals surface area contributed by atoms with Gasteiger partial charge in [0, 0.05) is 22.6 Å². The molecule has 0 bridgehead atoms. The standard InChI is InChI=1S/C14H15BrN2O/c1-9-2-3-10(15)6-13(9)14-17-12(8-18-14)7-16-11-4-5-11/h2-3,6,8,11,16H,4-5,7H2,1H3. The summed E-state index contributed by atoms with van der Waals surface area (Å²) in [4.78, 5) is 4.53. The van der Waals surface area contributed by atoms with Crippen molar-refractivity contribution in [3.8, 4) is 11.5 Å². The molecule has 3 rings (SSSR count). The number of nitrogens with one attached hydrogen (secondary N) is 1. The SMILES string of the molecule is Cc1ccc(Br)cc1-c1nc(CNC2CC2)co1. The van der Waals surface area contributed by atoms with Crippen LogP contribution in [0.5, 0.6) is 0 Å². The van der Waals surface area contributed by atoms with Crippen LogP contribution in [-0.2, 0) is 6.54 Å². The summed E-state index contributed by atoms with van der Waals surface area (Å²) < 4.78 is 6.61. The molecule has 1 saturated carbocycles. The summed E-state index contributed by atoms with van der Waals surface area (Å²) in [7, 11) is 0. The van der Waals surface area contributed by atoms with E-state index in [0.717, 1.165) is 22.3 Å². The molecule has 4 heteroatoms. The van der Waals surface area contributed by atoms with Gasteiger partial charge < -0.3 is 9.73 Å². The Bertz CT molecular complexity index is 561. The van der Waals surface area contributed by atoms with Gasteiger partial charge in [0.25, 0.3) is 0 Å². The monoisotopic (exact) mass is 306 g/mol. The average Bonchev–Trinajstić information content (AvgIpc) is 3.08. The molecule has 3 nitrogen and oxygen atoms in total. The molecule has 0 aliphatic heterocycles. The van der Waals surface area contributed by atoms with Crippen LogP contribution in [0.25, 0.3) is 11.5 Å². The van der Waals surface area contributed by atoms with E-state index in [4.69, 9.17) is 4.42 Å². The minimum absolute atomic E-state index is 0.692. The van der Waals surface area contributed by atoms with Gasteiger partial charge in [-0.25, -0.2) is 4.98 Å². The number of rotatable bonds is 4. The molecule has 0 unspecified atom stereocenters. The van der Waals surface area contributed by atoms with Gasteiger partial charge in [0.2, 0.25) is 5.89 Å². The first kappa shape index (κ1) is 11.9. The normalized spacial score (nSPS) is 15.0. The largest absolute Gasteiger partial charge is 0.444 e. The lowest BCUT2D eigenvalue weighted by Crippen LogP contribution is -2.15. The van der Waals surface area contributed by atoms with E-state index in [1.165, 1.54) is 18.4 Å². The second kappa shape index (κ2) is 4.86. The third-order valence-corrected chi connectivity index (χ3v) is 3.62. The highest BCUT2D eigenvalue weighted by Crippen LogP contribution is 2.26. The summed E-state index contributed by atoms with van der Waals surface area (Å²) in [5.74, 6) is 0.696. The molecule has 1 fully saturated rings. The van der Waals surface area contributed by atoms with Crippen LogP contribution in [0.1, 0.15) is 24.1 Å². The van der Waals surface area contributed by atoms with Gasteiger partial charge in [-0.15, -0.1) is 0 Å². The van der Waals surface area contributed by atoms with E-state index < -0.39 is 0 Å². The molecule has 18 heavy (non-hydrogen) atoms. The predicted molar refractivity (Wildman–Crippen MR) is 74.2 cm³/mol. The molecule has 0 amide bonds. The molecule has 1 heterocycles. The highest BCUT2D eigenvalue weighted by Gasteiger charge is 2.20. The topological polar surface area (TPSA) is 38.1 Å². The summed E-state index contributed by atoms with van der Waals surface area (Å²) in [5.41, 5.74) is 3.18. The van der Waals surface area contributed by atoms with E-state index in [2.05, 4.69) is 39.2 Å². The van der Waals surface area contributed by atoms with Crippen molar-refractivity contribution in [3.05, 3.63) is 40.2 Å². The molecular weight excluding hydrogens is 292 g/mol. The van der Waals surface area contributed by atoms with E-state index in [-0.39, 0.29) is 0 Å². The van der Waals surface area contributed by atoms with Crippen molar-refractivity contribution < 1.29 is 4.42 Å². The predicted octanol–water partition coefficient (Wildman–Crippen LogP) is 3.66. The fraction of sp³-hybridized carbons (Fsp3) is 0.357. The molecule has 94 valence electrons. The van der Waals surface area contributed by atoms with Gasteiger partial charge in [-0.05, 0) is 37.5 Å². The van der Waals surface area contributed by atoms with Crippen LogP contribution in [0.15, 0.2) is 33.4 Å². The van der Waals surface area contributed by atoms with E-state index in [1.807, 2.05) is 12.1 Å².